The minimum absolute atomic E-state index is 0.0742. The number of para-hydroxylation sites is 2. The Hall–Kier alpha value is -2.37. The van der Waals surface area contributed by atoms with E-state index in [1.54, 1.807) is 23.1 Å². The average Bonchev–Trinajstić information content (AvgIpc) is 3.04. The zero-order valence-corrected chi connectivity index (χ0v) is 13.8. The van der Waals surface area contributed by atoms with E-state index < -0.39 is 0 Å². The molecule has 1 fully saturated rings. The fourth-order valence-corrected chi connectivity index (χ4v) is 3.45. The predicted octanol–water partition coefficient (Wildman–Crippen LogP) is 2.48. The number of benzene rings is 1. The fourth-order valence-electron chi connectivity index (χ4n) is 3.45. The number of hydrogen-bond donors (Lipinski definition) is 1. The van der Waals surface area contributed by atoms with Crippen LogP contribution in [0.5, 0.6) is 0 Å². The summed E-state index contributed by atoms with van der Waals surface area (Å²) in [6.07, 6.45) is 3.97. The number of anilines is 2. The Morgan fingerprint density at radius 1 is 1.25 bits per heavy atom. The van der Waals surface area contributed by atoms with Gasteiger partial charge in [-0.3, -0.25) is 14.4 Å². The third-order valence-corrected chi connectivity index (χ3v) is 4.65. The average molecular weight is 330 g/mol. The molecule has 1 N–H and O–H groups in total. The van der Waals surface area contributed by atoms with E-state index in [0.29, 0.717) is 11.4 Å². The van der Waals surface area contributed by atoms with Crippen LogP contribution in [0.2, 0.25) is 0 Å². The fraction of sp³-hybridized carbons (Fsp3) is 0.500. The van der Waals surface area contributed by atoms with Gasteiger partial charge in [-0.1, -0.05) is 25.0 Å². The van der Waals surface area contributed by atoms with E-state index >= 15 is 0 Å². The smallest absolute Gasteiger partial charge is 0.309 e. The molecule has 128 valence electrons. The highest BCUT2D eigenvalue weighted by Crippen LogP contribution is 2.31. The van der Waals surface area contributed by atoms with E-state index in [4.69, 9.17) is 4.74 Å². The highest BCUT2D eigenvalue weighted by molar-refractivity contribution is 6.05. The maximum absolute atomic E-state index is 12.7. The Bertz CT molecular complexity index is 652. The molecular formula is C18H22N2O4. The van der Waals surface area contributed by atoms with E-state index in [-0.39, 0.29) is 42.8 Å². The Morgan fingerprint density at radius 2 is 1.96 bits per heavy atom. The van der Waals surface area contributed by atoms with Crippen molar-refractivity contribution >= 4 is 29.2 Å². The van der Waals surface area contributed by atoms with E-state index in [1.807, 2.05) is 13.0 Å². The predicted molar refractivity (Wildman–Crippen MR) is 89.6 cm³/mol. The van der Waals surface area contributed by atoms with Crippen molar-refractivity contribution in [3.05, 3.63) is 24.3 Å². The molecule has 0 saturated heterocycles. The molecule has 1 aromatic rings. The van der Waals surface area contributed by atoms with Gasteiger partial charge in [0.2, 0.25) is 5.91 Å². The number of carbonyl (C=O) groups excluding carboxylic acids is 3. The quantitative estimate of drug-likeness (QED) is 0.864. The van der Waals surface area contributed by atoms with Crippen molar-refractivity contribution in [3.8, 4) is 0 Å². The zero-order valence-electron chi connectivity index (χ0n) is 13.8. The molecule has 1 aliphatic carbocycles. The number of nitrogens with zero attached hydrogens (tertiary/aromatic N) is 1. The van der Waals surface area contributed by atoms with Crippen LogP contribution < -0.4 is 10.2 Å². The Kier molecular flexibility index (Phi) is 4.83. The molecule has 0 bridgehead atoms. The van der Waals surface area contributed by atoms with Crippen LogP contribution in [0.25, 0.3) is 0 Å². The molecule has 6 heteroatoms. The van der Waals surface area contributed by atoms with Crippen molar-refractivity contribution in [2.45, 2.75) is 45.1 Å². The number of amides is 2. The summed E-state index contributed by atoms with van der Waals surface area (Å²) in [4.78, 5) is 38.2. The van der Waals surface area contributed by atoms with Gasteiger partial charge in [-0.05, 0) is 31.9 Å². The second-order valence-corrected chi connectivity index (χ2v) is 6.47. The lowest BCUT2D eigenvalue weighted by Crippen LogP contribution is -2.41. The molecule has 1 atom stereocenters. The van der Waals surface area contributed by atoms with Gasteiger partial charge in [0.1, 0.15) is 0 Å². The molecule has 0 radical (unpaired) electrons. The second kappa shape index (κ2) is 7.03. The van der Waals surface area contributed by atoms with Crippen molar-refractivity contribution in [2.75, 3.05) is 16.8 Å². The summed E-state index contributed by atoms with van der Waals surface area (Å²) in [5.74, 6) is -0.799. The van der Waals surface area contributed by atoms with Crippen LogP contribution in [0.4, 0.5) is 11.4 Å². The Balaban J connectivity index is 1.72. The van der Waals surface area contributed by atoms with Gasteiger partial charge in [0, 0.05) is 12.5 Å². The maximum Gasteiger partial charge on any atom is 0.309 e. The molecule has 2 aliphatic rings. The minimum Gasteiger partial charge on any atom is -0.455 e. The minimum atomic E-state index is -0.308. The summed E-state index contributed by atoms with van der Waals surface area (Å²) in [6.45, 7) is 1.53. The third-order valence-electron chi connectivity index (χ3n) is 4.65. The van der Waals surface area contributed by atoms with Crippen molar-refractivity contribution in [1.29, 1.82) is 0 Å². The molecule has 1 aliphatic heterocycles. The molecule has 0 spiro atoms. The standard InChI is InChI=1S/C18H22N2O4/c1-12-10-16(21)19-14-8-4-5-9-15(14)20(12)17(22)11-24-18(23)13-6-2-3-7-13/h4-5,8-9,12-13H,2-3,6-7,10-11H2,1H3,(H,19,21)/t12-/m0/s1. The molecule has 1 saturated carbocycles. The summed E-state index contributed by atoms with van der Waals surface area (Å²) < 4.78 is 5.24. The SMILES string of the molecule is C[C@H]1CC(=O)Nc2ccccc2N1C(=O)COC(=O)C1CCCC1. The first-order valence-electron chi connectivity index (χ1n) is 8.44. The second-order valence-electron chi connectivity index (χ2n) is 6.47. The molecule has 1 heterocycles. The van der Waals surface area contributed by atoms with E-state index in [2.05, 4.69) is 5.32 Å². The highest BCUT2D eigenvalue weighted by atomic mass is 16.5. The molecule has 6 nitrogen and oxygen atoms in total. The van der Waals surface area contributed by atoms with Gasteiger partial charge in [0.05, 0.1) is 17.3 Å². The van der Waals surface area contributed by atoms with Crippen LogP contribution in [0, 0.1) is 5.92 Å². The van der Waals surface area contributed by atoms with Gasteiger partial charge in [-0.25, -0.2) is 0 Å². The number of hydrogen-bond acceptors (Lipinski definition) is 4. The van der Waals surface area contributed by atoms with Crippen molar-refractivity contribution < 1.29 is 19.1 Å². The van der Waals surface area contributed by atoms with E-state index in [1.165, 1.54) is 0 Å². The summed E-state index contributed by atoms with van der Waals surface area (Å²) >= 11 is 0. The zero-order chi connectivity index (χ0) is 17.1. The van der Waals surface area contributed by atoms with Crippen LogP contribution >= 0.6 is 0 Å². The molecule has 2 amide bonds. The first kappa shape index (κ1) is 16.5. The van der Waals surface area contributed by atoms with Gasteiger partial charge in [0.15, 0.2) is 6.61 Å². The maximum atomic E-state index is 12.7. The molecule has 3 rings (SSSR count). The van der Waals surface area contributed by atoms with Crippen molar-refractivity contribution in [2.24, 2.45) is 5.92 Å². The number of rotatable bonds is 3. The van der Waals surface area contributed by atoms with Crippen LogP contribution in [-0.2, 0) is 19.1 Å². The normalized spacial score (nSPS) is 21.0. The monoisotopic (exact) mass is 330 g/mol. The Labute approximate surface area is 141 Å². The number of esters is 1. The van der Waals surface area contributed by atoms with Crippen LogP contribution in [-0.4, -0.2) is 30.4 Å². The molecule has 1 aromatic carbocycles. The first-order chi connectivity index (χ1) is 11.6. The van der Waals surface area contributed by atoms with E-state index in [9.17, 15) is 14.4 Å². The van der Waals surface area contributed by atoms with Gasteiger partial charge in [-0.2, -0.15) is 0 Å². The highest BCUT2D eigenvalue weighted by Gasteiger charge is 2.31. The van der Waals surface area contributed by atoms with Crippen molar-refractivity contribution in [3.63, 3.8) is 0 Å². The summed E-state index contributed by atoms with van der Waals surface area (Å²) in [5, 5.41) is 2.81. The molecular weight excluding hydrogens is 308 g/mol. The first-order valence-corrected chi connectivity index (χ1v) is 8.44. The summed E-state index contributed by atoms with van der Waals surface area (Å²) in [6, 6.07) is 6.86. The Morgan fingerprint density at radius 3 is 2.71 bits per heavy atom. The van der Waals surface area contributed by atoms with Gasteiger partial charge in [0.25, 0.3) is 5.91 Å². The number of fused-ring (bicyclic) bond motifs is 1. The molecule has 0 unspecified atom stereocenters. The van der Waals surface area contributed by atoms with Gasteiger partial charge < -0.3 is 15.0 Å². The lowest BCUT2D eigenvalue weighted by molar-refractivity contribution is -0.152. The summed E-state index contributed by atoms with van der Waals surface area (Å²) in [7, 11) is 0. The lowest BCUT2D eigenvalue weighted by atomic mass is 10.1. The topological polar surface area (TPSA) is 75.7 Å². The molecule has 24 heavy (non-hydrogen) atoms. The van der Waals surface area contributed by atoms with Crippen LogP contribution in [0.1, 0.15) is 39.0 Å². The van der Waals surface area contributed by atoms with E-state index in [0.717, 1.165) is 25.7 Å². The summed E-state index contributed by atoms with van der Waals surface area (Å²) in [5.41, 5.74) is 1.24. The van der Waals surface area contributed by atoms with Gasteiger partial charge in [-0.15, -0.1) is 0 Å². The molecule has 0 aromatic heterocycles. The van der Waals surface area contributed by atoms with Crippen molar-refractivity contribution in [1.82, 2.24) is 0 Å². The van der Waals surface area contributed by atoms with Crippen LogP contribution in [0.3, 0.4) is 0 Å². The number of nitrogens with one attached hydrogen (secondary N) is 1. The number of carbonyl (C=O) groups is 3. The lowest BCUT2D eigenvalue weighted by Gasteiger charge is -2.27. The largest absolute Gasteiger partial charge is 0.455 e. The van der Waals surface area contributed by atoms with Crippen LogP contribution in [0.15, 0.2) is 24.3 Å². The third kappa shape index (κ3) is 3.42. The number of ether oxygens (including phenoxy) is 1. The van der Waals surface area contributed by atoms with Gasteiger partial charge >= 0.3 is 5.97 Å².